The number of rotatable bonds is 3. The maximum atomic E-state index is 3.96. The van der Waals surface area contributed by atoms with Crippen molar-refractivity contribution in [2.45, 2.75) is 33.6 Å². The van der Waals surface area contributed by atoms with E-state index in [1.807, 2.05) is 6.92 Å². The summed E-state index contributed by atoms with van der Waals surface area (Å²) < 4.78 is 3.89. The van der Waals surface area contributed by atoms with Crippen LogP contribution in [0.1, 0.15) is 30.8 Å². The van der Waals surface area contributed by atoms with Gasteiger partial charge in [0.25, 0.3) is 0 Å². The fraction of sp³-hybridized carbons (Fsp3) is 0.750. The molecule has 0 spiro atoms. The third kappa shape index (κ3) is 2.58. The highest BCUT2D eigenvalue weighted by Crippen LogP contribution is 2.14. The highest BCUT2D eigenvalue weighted by molar-refractivity contribution is 7.05. The Morgan fingerprint density at radius 1 is 1.45 bits per heavy atom. The van der Waals surface area contributed by atoms with Gasteiger partial charge in [0.15, 0.2) is 0 Å². The van der Waals surface area contributed by atoms with Gasteiger partial charge in [-0.25, -0.2) is 0 Å². The Labute approximate surface area is 71.8 Å². The zero-order valence-corrected chi connectivity index (χ0v) is 8.11. The van der Waals surface area contributed by atoms with Crippen molar-refractivity contribution in [2.24, 2.45) is 5.92 Å². The molecule has 1 rings (SSSR count). The van der Waals surface area contributed by atoms with Crippen molar-refractivity contribution in [1.82, 2.24) is 9.59 Å². The van der Waals surface area contributed by atoms with Gasteiger partial charge in [-0.05, 0) is 37.2 Å². The van der Waals surface area contributed by atoms with Gasteiger partial charge in [-0.1, -0.05) is 18.3 Å². The molecule has 1 heterocycles. The van der Waals surface area contributed by atoms with Crippen molar-refractivity contribution in [2.75, 3.05) is 0 Å². The summed E-state index contributed by atoms with van der Waals surface area (Å²) >= 11 is 1.53. The smallest absolute Gasteiger partial charge is 0.0756 e. The van der Waals surface area contributed by atoms with Crippen LogP contribution in [0.4, 0.5) is 0 Å². The molecule has 0 atom stereocenters. The largest absolute Gasteiger partial charge is 0.143 e. The molecule has 0 N–H and O–H groups in total. The van der Waals surface area contributed by atoms with Gasteiger partial charge in [-0.15, -0.1) is 5.10 Å². The minimum atomic E-state index is 0.775. The van der Waals surface area contributed by atoms with Crippen molar-refractivity contribution in [3.05, 3.63) is 10.6 Å². The maximum Gasteiger partial charge on any atom is 0.0756 e. The molecule has 0 bridgehead atoms. The Morgan fingerprint density at radius 2 is 2.18 bits per heavy atom. The molecule has 0 aliphatic carbocycles. The molecule has 1 aromatic heterocycles. The van der Waals surface area contributed by atoms with Crippen molar-refractivity contribution in [3.8, 4) is 0 Å². The second kappa shape index (κ2) is 3.81. The van der Waals surface area contributed by atoms with E-state index in [0.717, 1.165) is 18.0 Å². The lowest BCUT2D eigenvalue weighted by molar-refractivity contribution is 0.588. The van der Waals surface area contributed by atoms with E-state index >= 15 is 0 Å². The second-order valence-corrected chi connectivity index (χ2v) is 4.05. The Morgan fingerprint density at radius 3 is 2.64 bits per heavy atom. The van der Waals surface area contributed by atoms with Crippen LogP contribution in [0.2, 0.25) is 0 Å². The van der Waals surface area contributed by atoms with Gasteiger partial charge >= 0.3 is 0 Å². The molecule has 1 aromatic rings. The van der Waals surface area contributed by atoms with Crippen LogP contribution in [-0.4, -0.2) is 9.59 Å². The minimum absolute atomic E-state index is 0.775. The lowest BCUT2D eigenvalue weighted by atomic mass is 10.1. The lowest BCUT2D eigenvalue weighted by Gasteiger charge is -2.00. The van der Waals surface area contributed by atoms with Gasteiger partial charge in [-0.3, -0.25) is 0 Å². The summed E-state index contributed by atoms with van der Waals surface area (Å²) in [6.45, 7) is 6.51. The molecule has 0 amide bonds. The summed E-state index contributed by atoms with van der Waals surface area (Å²) in [5.41, 5.74) is 1.11. The first kappa shape index (κ1) is 8.65. The lowest BCUT2D eigenvalue weighted by Crippen LogP contribution is -1.91. The molecule has 3 heteroatoms. The number of hydrogen-bond donors (Lipinski definition) is 0. The molecular formula is C8H14N2S. The van der Waals surface area contributed by atoms with Crippen LogP contribution >= 0.6 is 11.5 Å². The van der Waals surface area contributed by atoms with E-state index in [9.17, 15) is 0 Å². The van der Waals surface area contributed by atoms with E-state index < -0.39 is 0 Å². The quantitative estimate of drug-likeness (QED) is 0.696. The van der Waals surface area contributed by atoms with Crippen molar-refractivity contribution >= 4 is 11.5 Å². The topological polar surface area (TPSA) is 25.8 Å². The fourth-order valence-electron chi connectivity index (χ4n) is 0.899. The second-order valence-electron chi connectivity index (χ2n) is 3.21. The molecule has 0 fully saturated rings. The molecule has 11 heavy (non-hydrogen) atoms. The number of aryl methyl sites for hydroxylation is 2. The Kier molecular flexibility index (Phi) is 3.00. The average Bonchev–Trinajstić information content (AvgIpc) is 2.31. The van der Waals surface area contributed by atoms with Crippen molar-refractivity contribution < 1.29 is 0 Å². The van der Waals surface area contributed by atoms with Crippen LogP contribution in [-0.2, 0) is 6.42 Å². The van der Waals surface area contributed by atoms with Gasteiger partial charge in [0.05, 0.1) is 5.69 Å². The minimum Gasteiger partial charge on any atom is -0.143 e. The molecule has 62 valence electrons. The highest BCUT2D eigenvalue weighted by Gasteiger charge is 2.03. The monoisotopic (exact) mass is 170 g/mol. The molecule has 0 unspecified atom stereocenters. The Bertz CT molecular complexity index is 218. The van der Waals surface area contributed by atoms with Gasteiger partial charge < -0.3 is 0 Å². The average molecular weight is 170 g/mol. The summed E-state index contributed by atoms with van der Waals surface area (Å²) in [5.74, 6) is 0.775. The summed E-state index contributed by atoms with van der Waals surface area (Å²) in [6.07, 6.45) is 2.38. The van der Waals surface area contributed by atoms with Crippen molar-refractivity contribution in [3.63, 3.8) is 0 Å². The van der Waals surface area contributed by atoms with E-state index in [1.54, 1.807) is 0 Å². The van der Waals surface area contributed by atoms with E-state index in [1.165, 1.54) is 22.8 Å². The fourth-order valence-corrected chi connectivity index (χ4v) is 1.54. The van der Waals surface area contributed by atoms with Crippen LogP contribution in [0.5, 0.6) is 0 Å². The van der Waals surface area contributed by atoms with E-state index in [-0.39, 0.29) is 0 Å². The van der Waals surface area contributed by atoms with Crippen LogP contribution in [0.15, 0.2) is 0 Å². The Hall–Kier alpha value is -0.440. The zero-order valence-electron chi connectivity index (χ0n) is 7.29. The van der Waals surface area contributed by atoms with E-state index in [4.69, 9.17) is 0 Å². The Balaban J connectivity index is 2.44. The van der Waals surface area contributed by atoms with E-state index in [0.29, 0.717) is 0 Å². The first-order chi connectivity index (χ1) is 5.20. The normalized spacial score (nSPS) is 10.9. The number of nitrogens with zero attached hydrogens (tertiary/aromatic N) is 2. The van der Waals surface area contributed by atoms with Gasteiger partial charge in [0.2, 0.25) is 0 Å². The predicted octanol–water partition coefficient (Wildman–Crippen LogP) is 2.44. The summed E-state index contributed by atoms with van der Waals surface area (Å²) in [6, 6.07) is 0. The summed E-state index contributed by atoms with van der Waals surface area (Å²) in [7, 11) is 0. The molecule has 0 saturated heterocycles. The third-order valence-corrected chi connectivity index (χ3v) is 2.58. The SMILES string of the molecule is Cc1nnsc1CCC(C)C. The molecule has 0 aromatic carbocycles. The van der Waals surface area contributed by atoms with Gasteiger partial charge in [0, 0.05) is 4.88 Å². The molecule has 0 radical (unpaired) electrons. The highest BCUT2D eigenvalue weighted by atomic mass is 32.1. The molecular weight excluding hydrogens is 156 g/mol. The van der Waals surface area contributed by atoms with Crippen molar-refractivity contribution in [1.29, 1.82) is 0 Å². The number of hydrogen-bond acceptors (Lipinski definition) is 3. The first-order valence-electron chi connectivity index (χ1n) is 3.98. The maximum absolute atomic E-state index is 3.96. The zero-order chi connectivity index (χ0) is 8.27. The first-order valence-corrected chi connectivity index (χ1v) is 4.75. The molecule has 2 nitrogen and oxygen atoms in total. The van der Waals surface area contributed by atoms with Crippen LogP contribution in [0.25, 0.3) is 0 Å². The van der Waals surface area contributed by atoms with Crippen LogP contribution in [0, 0.1) is 12.8 Å². The third-order valence-electron chi connectivity index (χ3n) is 1.69. The molecule has 0 aliphatic heterocycles. The predicted molar refractivity (Wildman–Crippen MR) is 47.8 cm³/mol. The number of aromatic nitrogens is 2. The molecule has 0 saturated carbocycles. The van der Waals surface area contributed by atoms with Gasteiger partial charge in [-0.2, -0.15) is 0 Å². The van der Waals surface area contributed by atoms with E-state index in [2.05, 4.69) is 23.4 Å². The van der Waals surface area contributed by atoms with Crippen LogP contribution in [0.3, 0.4) is 0 Å². The molecule has 0 aliphatic rings. The van der Waals surface area contributed by atoms with Gasteiger partial charge in [0.1, 0.15) is 0 Å². The van der Waals surface area contributed by atoms with Crippen LogP contribution < -0.4 is 0 Å². The summed E-state index contributed by atoms with van der Waals surface area (Å²) in [5, 5.41) is 3.96. The standard InChI is InChI=1S/C8H14N2S/c1-6(2)4-5-8-7(3)9-10-11-8/h6H,4-5H2,1-3H3. The summed E-state index contributed by atoms with van der Waals surface area (Å²) in [4.78, 5) is 1.35.